The number of hydrogen-bond acceptors (Lipinski definition) is 5. The number of likely N-dealkylation sites (tertiary alicyclic amines) is 1. The number of ether oxygens (including phenoxy) is 1. The van der Waals surface area contributed by atoms with Gasteiger partial charge >= 0.3 is 0 Å². The largest absolute Gasteiger partial charge is 0.380 e. The van der Waals surface area contributed by atoms with Crippen molar-refractivity contribution in [1.29, 1.82) is 0 Å². The fraction of sp³-hybridized carbons (Fsp3) is 0.400. The number of hydrogen-bond donors (Lipinski definition) is 1. The number of aromatic nitrogens is 4. The molecule has 3 heterocycles. The van der Waals surface area contributed by atoms with Gasteiger partial charge in [0.05, 0.1) is 23.2 Å². The van der Waals surface area contributed by atoms with Crippen molar-refractivity contribution >= 4 is 16.8 Å². The SMILES string of the molecule is CO[C@@H]1C[C@@H](c2ncn[nH]2)N(C(=O)c2cc(C3CC3)nc3ccccc23)C1. The van der Waals surface area contributed by atoms with Crippen molar-refractivity contribution in [3.05, 3.63) is 53.7 Å². The van der Waals surface area contributed by atoms with Gasteiger partial charge in [-0.25, -0.2) is 4.98 Å². The molecule has 0 radical (unpaired) electrons. The lowest BCUT2D eigenvalue weighted by Gasteiger charge is -2.23. The Morgan fingerprint density at radius 1 is 1.30 bits per heavy atom. The maximum absolute atomic E-state index is 13.6. The molecule has 1 amide bonds. The lowest BCUT2D eigenvalue weighted by atomic mass is 10.0. The van der Waals surface area contributed by atoms with Crippen molar-refractivity contribution < 1.29 is 9.53 Å². The Labute approximate surface area is 156 Å². The number of H-pyrrole nitrogens is 1. The number of pyridine rings is 1. The molecule has 3 aromatic rings. The number of aromatic amines is 1. The number of methoxy groups -OCH3 is 1. The summed E-state index contributed by atoms with van der Waals surface area (Å²) in [6.07, 6.45) is 4.46. The molecule has 2 fully saturated rings. The summed E-state index contributed by atoms with van der Waals surface area (Å²) in [5.74, 6) is 1.18. The number of carbonyl (C=O) groups is 1. The fourth-order valence-corrected chi connectivity index (χ4v) is 3.94. The smallest absolute Gasteiger partial charge is 0.255 e. The van der Waals surface area contributed by atoms with Gasteiger partial charge in [-0.05, 0) is 25.0 Å². The Balaban J connectivity index is 1.58. The zero-order chi connectivity index (χ0) is 18.4. The minimum atomic E-state index is -0.166. The number of fused-ring (bicyclic) bond motifs is 1. The van der Waals surface area contributed by atoms with Gasteiger partial charge in [0.15, 0.2) is 0 Å². The highest BCUT2D eigenvalue weighted by molar-refractivity contribution is 6.06. The molecule has 1 saturated heterocycles. The van der Waals surface area contributed by atoms with Crippen LogP contribution in [0.1, 0.15) is 53.1 Å². The average molecular weight is 363 g/mol. The van der Waals surface area contributed by atoms with E-state index in [1.165, 1.54) is 6.33 Å². The molecule has 7 heteroatoms. The Bertz CT molecular complexity index is 983. The summed E-state index contributed by atoms with van der Waals surface area (Å²) in [6.45, 7) is 0.538. The van der Waals surface area contributed by atoms with Crippen LogP contribution in [0, 0.1) is 0 Å². The Morgan fingerprint density at radius 3 is 2.89 bits per heavy atom. The van der Waals surface area contributed by atoms with Crippen molar-refractivity contribution in [1.82, 2.24) is 25.1 Å². The predicted molar refractivity (Wildman–Crippen MR) is 99.3 cm³/mol. The van der Waals surface area contributed by atoms with E-state index < -0.39 is 0 Å². The van der Waals surface area contributed by atoms with Gasteiger partial charge in [0.1, 0.15) is 12.2 Å². The minimum Gasteiger partial charge on any atom is -0.380 e. The molecule has 138 valence electrons. The van der Waals surface area contributed by atoms with E-state index in [2.05, 4.69) is 15.2 Å². The summed E-state index contributed by atoms with van der Waals surface area (Å²) in [7, 11) is 1.68. The summed E-state index contributed by atoms with van der Waals surface area (Å²) in [6, 6.07) is 9.69. The number of rotatable bonds is 4. The molecule has 2 aromatic heterocycles. The van der Waals surface area contributed by atoms with Crippen molar-refractivity contribution in [3.63, 3.8) is 0 Å². The third-order valence-corrected chi connectivity index (χ3v) is 5.57. The molecule has 1 aliphatic carbocycles. The summed E-state index contributed by atoms with van der Waals surface area (Å²) < 4.78 is 5.55. The quantitative estimate of drug-likeness (QED) is 0.770. The van der Waals surface area contributed by atoms with Crippen LogP contribution in [0.2, 0.25) is 0 Å². The van der Waals surface area contributed by atoms with Crippen molar-refractivity contribution in [2.75, 3.05) is 13.7 Å². The van der Waals surface area contributed by atoms with E-state index in [4.69, 9.17) is 9.72 Å². The highest BCUT2D eigenvalue weighted by Crippen LogP contribution is 2.41. The molecule has 1 aromatic carbocycles. The van der Waals surface area contributed by atoms with Gasteiger partial charge < -0.3 is 9.64 Å². The second kappa shape index (κ2) is 6.42. The molecule has 5 rings (SSSR count). The van der Waals surface area contributed by atoms with Crippen LogP contribution in [0.5, 0.6) is 0 Å². The molecular formula is C20H21N5O2. The molecule has 1 aliphatic heterocycles. The zero-order valence-corrected chi connectivity index (χ0v) is 15.1. The Hall–Kier alpha value is -2.80. The van der Waals surface area contributed by atoms with Gasteiger partial charge in [-0.2, -0.15) is 5.10 Å². The summed E-state index contributed by atoms with van der Waals surface area (Å²) >= 11 is 0. The predicted octanol–water partition coefficient (Wildman–Crippen LogP) is 2.83. The molecule has 0 bridgehead atoms. The Kier molecular flexibility index (Phi) is 3.89. The molecule has 7 nitrogen and oxygen atoms in total. The second-order valence-electron chi connectivity index (χ2n) is 7.32. The molecule has 1 N–H and O–H groups in total. The van der Waals surface area contributed by atoms with Crippen LogP contribution in [0.25, 0.3) is 10.9 Å². The first-order valence-electron chi connectivity index (χ1n) is 9.33. The van der Waals surface area contributed by atoms with Crippen LogP contribution in [-0.2, 0) is 4.74 Å². The lowest BCUT2D eigenvalue weighted by Crippen LogP contribution is -2.32. The molecule has 1 saturated carbocycles. The second-order valence-corrected chi connectivity index (χ2v) is 7.32. The third kappa shape index (κ3) is 2.88. The van der Waals surface area contributed by atoms with Gasteiger partial charge in [0.2, 0.25) is 0 Å². The first kappa shape index (κ1) is 16.4. The van der Waals surface area contributed by atoms with Gasteiger partial charge in [-0.15, -0.1) is 0 Å². The van der Waals surface area contributed by atoms with Crippen molar-refractivity contribution in [2.24, 2.45) is 0 Å². The number of carbonyl (C=O) groups excluding carboxylic acids is 1. The van der Waals surface area contributed by atoms with E-state index in [1.54, 1.807) is 7.11 Å². The molecule has 0 spiro atoms. The van der Waals surface area contributed by atoms with Gasteiger partial charge in [0.25, 0.3) is 5.91 Å². The molecular weight excluding hydrogens is 342 g/mol. The maximum Gasteiger partial charge on any atom is 0.255 e. The monoisotopic (exact) mass is 363 g/mol. The maximum atomic E-state index is 13.6. The number of amides is 1. The van der Waals surface area contributed by atoms with Crippen LogP contribution < -0.4 is 0 Å². The molecule has 27 heavy (non-hydrogen) atoms. The lowest BCUT2D eigenvalue weighted by molar-refractivity contribution is 0.0686. The molecule has 0 unspecified atom stereocenters. The molecule has 2 aliphatic rings. The fourth-order valence-electron chi connectivity index (χ4n) is 3.94. The van der Waals surface area contributed by atoms with Crippen LogP contribution in [0.4, 0.5) is 0 Å². The zero-order valence-electron chi connectivity index (χ0n) is 15.1. The van der Waals surface area contributed by atoms with E-state index in [0.717, 1.165) is 29.4 Å². The van der Waals surface area contributed by atoms with Crippen molar-refractivity contribution in [2.45, 2.75) is 37.3 Å². The van der Waals surface area contributed by atoms with E-state index in [1.807, 2.05) is 35.2 Å². The normalized spacial score (nSPS) is 22.5. The summed E-state index contributed by atoms with van der Waals surface area (Å²) in [4.78, 5) is 24.5. The van der Waals surface area contributed by atoms with Crippen LogP contribution >= 0.6 is 0 Å². The number of benzene rings is 1. The van der Waals surface area contributed by atoms with Gasteiger partial charge in [0, 0.05) is 37.1 Å². The van der Waals surface area contributed by atoms with E-state index in [-0.39, 0.29) is 18.1 Å². The third-order valence-electron chi connectivity index (χ3n) is 5.57. The summed E-state index contributed by atoms with van der Waals surface area (Å²) in [5, 5.41) is 7.76. The Morgan fingerprint density at radius 2 is 2.15 bits per heavy atom. The van der Waals surface area contributed by atoms with E-state index >= 15 is 0 Å². The van der Waals surface area contributed by atoms with E-state index in [9.17, 15) is 4.79 Å². The topological polar surface area (TPSA) is 84.0 Å². The number of nitrogens with one attached hydrogen (secondary N) is 1. The number of nitrogens with zero attached hydrogens (tertiary/aromatic N) is 4. The minimum absolute atomic E-state index is 0.00329. The first-order chi connectivity index (χ1) is 13.2. The first-order valence-corrected chi connectivity index (χ1v) is 9.33. The highest BCUT2D eigenvalue weighted by Gasteiger charge is 2.39. The summed E-state index contributed by atoms with van der Waals surface area (Å²) in [5.41, 5.74) is 2.61. The van der Waals surface area contributed by atoms with Crippen LogP contribution in [0.15, 0.2) is 36.7 Å². The number of para-hydroxylation sites is 1. The van der Waals surface area contributed by atoms with Gasteiger partial charge in [-0.1, -0.05) is 18.2 Å². The van der Waals surface area contributed by atoms with Crippen LogP contribution in [-0.4, -0.2) is 50.7 Å². The van der Waals surface area contributed by atoms with Crippen LogP contribution in [0.3, 0.4) is 0 Å². The highest BCUT2D eigenvalue weighted by atomic mass is 16.5. The standard InChI is InChI=1S/C20H21N5O2/c1-27-13-8-18(19-21-11-22-24-19)25(10-13)20(26)15-9-17(12-6-7-12)23-16-5-3-2-4-14(15)16/h2-5,9,11-13,18H,6-8,10H2,1H3,(H,21,22,24)/t13-,18+/m1/s1. The van der Waals surface area contributed by atoms with E-state index in [0.29, 0.717) is 30.3 Å². The van der Waals surface area contributed by atoms with Gasteiger partial charge in [-0.3, -0.25) is 14.9 Å². The average Bonchev–Trinajstić information content (AvgIpc) is 3.24. The van der Waals surface area contributed by atoms with Crippen molar-refractivity contribution in [3.8, 4) is 0 Å². The molecule has 2 atom stereocenters.